The van der Waals surface area contributed by atoms with Gasteiger partial charge in [-0.15, -0.1) is 0 Å². The zero-order valence-corrected chi connectivity index (χ0v) is 19.0. The van der Waals surface area contributed by atoms with Gasteiger partial charge in [-0.05, 0) is 56.7 Å². The van der Waals surface area contributed by atoms with Gasteiger partial charge in [0.2, 0.25) is 0 Å². The van der Waals surface area contributed by atoms with Crippen LogP contribution in [0.2, 0.25) is 5.02 Å². The third-order valence-electron chi connectivity index (χ3n) is 5.33. The van der Waals surface area contributed by atoms with Gasteiger partial charge < -0.3 is 5.32 Å². The Balaban J connectivity index is 1.58. The first-order valence-corrected chi connectivity index (χ1v) is 10.5. The molecule has 2 heterocycles. The number of aryl methyl sites for hydroxylation is 2. The zero-order chi connectivity index (χ0) is 23.7. The fourth-order valence-electron chi connectivity index (χ4n) is 3.68. The normalized spacial score (nSPS) is 10.8. The topological polar surface area (TPSA) is 99.4 Å². The largest absolute Gasteiger partial charge is 0.346 e. The summed E-state index contributed by atoms with van der Waals surface area (Å²) in [5.74, 6) is -0.809. The number of nitrogens with zero attached hydrogens (tertiary/aromatic N) is 4. The maximum absolute atomic E-state index is 14.9. The van der Waals surface area contributed by atoms with Gasteiger partial charge in [-0.1, -0.05) is 23.7 Å². The van der Waals surface area contributed by atoms with E-state index in [-0.39, 0.29) is 18.1 Å². The molecule has 0 aliphatic heterocycles. The van der Waals surface area contributed by atoms with Gasteiger partial charge in [0, 0.05) is 29.1 Å². The lowest BCUT2D eigenvalue weighted by molar-refractivity contribution is 0.0945. The van der Waals surface area contributed by atoms with E-state index in [2.05, 4.69) is 20.6 Å². The van der Waals surface area contributed by atoms with Crippen molar-refractivity contribution in [2.75, 3.05) is 0 Å². The molecule has 0 fully saturated rings. The molecule has 0 aliphatic carbocycles. The van der Waals surface area contributed by atoms with E-state index >= 15 is 0 Å². The predicted molar refractivity (Wildman–Crippen MR) is 123 cm³/mol. The monoisotopic (exact) mass is 462 g/mol. The molecular weight excluding hydrogens is 443 g/mol. The number of halogens is 2. The van der Waals surface area contributed by atoms with Crippen molar-refractivity contribution in [1.29, 1.82) is 5.26 Å². The molecule has 2 N–H and O–H groups in total. The Labute approximate surface area is 194 Å². The lowest BCUT2D eigenvalue weighted by Gasteiger charge is -2.09. The second-order valence-electron chi connectivity index (χ2n) is 7.66. The summed E-state index contributed by atoms with van der Waals surface area (Å²) in [5.41, 5.74) is 5.49. The van der Waals surface area contributed by atoms with Crippen LogP contribution in [0.4, 0.5) is 4.39 Å². The Kier molecular flexibility index (Phi) is 5.99. The summed E-state index contributed by atoms with van der Waals surface area (Å²) in [7, 11) is 0. The van der Waals surface area contributed by atoms with Crippen LogP contribution in [0, 0.1) is 37.9 Å². The summed E-state index contributed by atoms with van der Waals surface area (Å²) < 4.78 is 16.6. The van der Waals surface area contributed by atoms with Crippen molar-refractivity contribution >= 4 is 17.5 Å². The first-order valence-electron chi connectivity index (χ1n) is 10.1. The highest BCUT2D eigenvalue weighted by Crippen LogP contribution is 2.31. The second-order valence-corrected chi connectivity index (χ2v) is 8.07. The molecule has 2 aromatic heterocycles. The summed E-state index contributed by atoms with van der Waals surface area (Å²) in [4.78, 5) is 12.2. The molecule has 7 nitrogen and oxygen atoms in total. The number of amides is 1. The molecule has 4 aromatic rings. The molecule has 33 heavy (non-hydrogen) atoms. The fraction of sp³-hybridized carbons (Fsp3) is 0.167. The molecule has 0 atom stereocenters. The van der Waals surface area contributed by atoms with Crippen LogP contribution in [0.25, 0.3) is 16.8 Å². The smallest absolute Gasteiger partial charge is 0.272 e. The van der Waals surface area contributed by atoms with E-state index < -0.39 is 5.82 Å². The highest BCUT2D eigenvalue weighted by molar-refractivity contribution is 6.31. The maximum Gasteiger partial charge on any atom is 0.272 e. The fourth-order valence-corrected chi connectivity index (χ4v) is 3.90. The van der Waals surface area contributed by atoms with Crippen LogP contribution in [0.1, 0.15) is 38.7 Å². The summed E-state index contributed by atoms with van der Waals surface area (Å²) in [6.45, 7) is 5.57. The van der Waals surface area contributed by atoms with Gasteiger partial charge >= 0.3 is 0 Å². The number of H-pyrrole nitrogens is 1. The molecule has 0 spiro atoms. The van der Waals surface area contributed by atoms with Crippen molar-refractivity contribution in [2.24, 2.45) is 0 Å². The minimum absolute atomic E-state index is 0.0395. The number of hydrogen-bond donors (Lipinski definition) is 2. The number of carbonyl (C=O) groups excluding carboxylic acids is 1. The van der Waals surface area contributed by atoms with Crippen LogP contribution in [0.5, 0.6) is 0 Å². The molecular formula is C24H20ClFN6O. The number of nitrogens with one attached hydrogen (secondary N) is 2. The van der Waals surface area contributed by atoms with E-state index in [0.29, 0.717) is 27.4 Å². The van der Waals surface area contributed by atoms with E-state index in [1.165, 1.54) is 6.07 Å². The number of aromatic amines is 1. The summed E-state index contributed by atoms with van der Waals surface area (Å²) >= 11 is 6.18. The Morgan fingerprint density at radius 2 is 2.00 bits per heavy atom. The number of benzene rings is 2. The van der Waals surface area contributed by atoms with Crippen molar-refractivity contribution in [1.82, 2.24) is 25.3 Å². The van der Waals surface area contributed by atoms with Gasteiger partial charge in [-0.3, -0.25) is 9.89 Å². The van der Waals surface area contributed by atoms with Gasteiger partial charge in [0.15, 0.2) is 0 Å². The van der Waals surface area contributed by atoms with E-state index in [1.54, 1.807) is 48.0 Å². The van der Waals surface area contributed by atoms with Crippen molar-refractivity contribution < 1.29 is 9.18 Å². The van der Waals surface area contributed by atoms with Crippen LogP contribution in [-0.2, 0) is 6.54 Å². The van der Waals surface area contributed by atoms with E-state index in [0.717, 1.165) is 22.6 Å². The van der Waals surface area contributed by atoms with Gasteiger partial charge in [-0.2, -0.15) is 15.5 Å². The molecule has 9 heteroatoms. The molecule has 1 amide bonds. The summed E-state index contributed by atoms with van der Waals surface area (Å²) in [6, 6.07) is 13.6. The standard InChI is InChI=1S/C24H20ClFN6O/c1-13-8-22(30-29-13)24(33)28-12-18-5-4-16(9-21(18)26)23-14(2)31-32(15(23)3)19-7-6-17(11-27)20(25)10-19/h4-10H,12H2,1-3H3,(H,28,33)(H,29,30). The molecule has 0 aliphatic rings. The van der Waals surface area contributed by atoms with Crippen molar-refractivity contribution in [3.05, 3.63) is 87.2 Å². The minimum atomic E-state index is -0.432. The van der Waals surface area contributed by atoms with Crippen LogP contribution < -0.4 is 5.32 Å². The van der Waals surface area contributed by atoms with Crippen molar-refractivity contribution in [3.63, 3.8) is 0 Å². The summed E-state index contributed by atoms with van der Waals surface area (Å²) in [5, 5.41) is 23.3. The molecule has 4 rings (SSSR count). The average Bonchev–Trinajstić information content (AvgIpc) is 3.35. The van der Waals surface area contributed by atoms with Gasteiger partial charge in [0.1, 0.15) is 17.6 Å². The molecule has 2 aromatic carbocycles. The van der Waals surface area contributed by atoms with Crippen LogP contribution >= 0.6 is 11.6 Å². The molecule has 0 bridgehead atoms. The maximum atomic E-state index is 14.9. The molecule has 166 valence electrons. The third-order valence-corrected chi connectivity index (χ3v) is 5.64. The summed E-state index contributed by atoms with van der Waals surface area (Å²) in [6.07, 6.45) is 0. The Morgan fingerprint density at radius 3 is 2.64 bits per heavy atom. The van der Waals surface area contributed by atoms with Crippen molar-refractivity contribution in [3.8, 4) is 22.9 Å². The molecule has 0 unspecified atom stereocenters. The number of carbonyl (C=O) groups is 1. The van der Waals surface area contributed by atoms with Crippen molar-refractivity contribution in [2.45, 2.75) is 27.3 Å². The van der Waals surface area contributed by atoms with Crippen LogP contribution in [0.3, 0.4) is 0 Å². The van der Waals surface area contributed by atoms with Crippen LogP contribution in [-0.4, -0.2) is 25.9 Å². The lowest BCUT2D eigenvalue weighted by atomic mass is 10.0. The number of aromatic nitrogens is 4. The average molecular weight is 463 g/mol. The highest BCUT2D eigenvalue weighted by atomic mass is 35.5. The Morgan fingerprint density at radius 1 is 1.21 bits per heavy atom. The zero-order valence-electron chi connectivity index (χ0n) is 18.2. The third kappa shape index (κ3) is 4.36. The quantitative estimate of drug-likeness (QED) is 0.445. The van der Waals surface area contributed by atoms with Crippen LogP contribution in [0.15, 0.2) is 42.5 Å². The lowest BCUT2D eigenvalue weighted by Crippen LogP contribution is -2.23. The highest BCUT2D eigenvalue weighted by Gasteiger charge is 2.17. The predicted octanol–water partition coefficient (Wildman–Crippen LogP) is 4.78. The number of rotatable bonds is 5. The number of nitriles is 1. The molecule has 0 saturated carbocycles. The second kappa shape index (κ2) is 8.88. The van der Waals surface area contributed by atoms with E-state index in [1.807, 2.05) is 19.9 Å². The van der Waals surface area contributed by atoms with Gasteiger partial charge in [0.05, 0.1) is 22.0 Å². The minimum Gasteiger partial charge on any atom is -0.346 e. The van der Waals surface area contributed by atoms with Gasteiger partial charge in [0.25, 0.3) is 5.91 Å². The molecule has 0 saturated heterocycles. The Hall–Kier alpha value is -3.96. The van der Waals surface area contributed by atoms with Gasteiger partial charge in [-0.25, -0.2) is 9.07 Å². The SMILES string of the molecule is Cc1cc(C(=O)NCc2ccc(-c3c(C)nn(-c4ccc(C#N)c(Cl)c4)c3C)cc2F)n[nH]1. The Bertz CT molecular complexity index is 1420. The van der Waals surface area contributed by atoms with E-state index in [4.69, 9.17) is 16.9 Å². The number of hydrogen-bond acceptors (Lipinski definition) is 4. The van der Waals surface area contributed by atoms with E-state index in [9.17, 15) is 9.18 Å². The molecule has 0 radical (unpaired) electrons. The first kappa shape index (κ1) is 22.2. The first-order chi connectivity index (χ1) is 15.8.